The van der Waals surface area contributed by atoms with E-state index in [1.54, 1.807) is 0 Å². The molecule has 3 saturated carbocycles. The van der Waals surface area contributed by atoms with Crippen molar-refractivity contribution in [3.8, 4) is 0 Å². The van der Waals surface area contributed by atoms with Crippen molar-refractivity contribution in [2.45, 2.75) is 273 Å². The van der Waals surface area contributed by atoms with Crippen molar-refractivity contribution in [2.24, 2.45) is 94.7 Å². The summed E-state index contributed by atoms with van der Waals surface area (Å²) in [6, 6.07) is 0. The van der Waals surface area contributed by atoms with Gasteiger partial charge in [-0.2, -0.15) is 0 Å². The number of hydrogen-bond donors (Lipinski definition) is 9. The maximum Gasteiger partial charge on any atom is 0.103 e. The summed E-state index contributed by atoms with van der Waals surface area (Å²) in [6.07, 6.45) is 17.3. The molecule has 0 radical (unpaired) electrons. The van der Waals surface area contributed by atoms with Crippen molar-refractivity contribution in [2.75, 3.05) is 0 Å². The van der Waals surface area contributed by atoms with Crippen LogP contribution in [0.4, 0.5) is 0 Å². The first-order chi connectivity index (χ1) is 35.5. The second-order valence-corrected chi connectivity index (χ2v) is 28.9. The van der Waals surface area contributed by atoms with Gasteiger partial charge in [-0.15, -0.1) is 0 Å². The van der Waals surface area contributed by atoms with E-state index in [0.717, 1.165) is 50.7 Å². The molecular formula is C62H112N8O5. The molecule has 75 heavy (non-hydrogen) atoms. The molecule has 4 aliphatic carbocycles. The molecule has 0 aromatic rings. The Labute approximate surface area is 456 Å². The van der Waals surface area contributed by atoms with E-state index in [4.69, 9.17) is 18.9 Å². The summed E-state index contributed by atoms with van der Waals surface area (Å²) in [5.74, 6) is 5.81. The maximum absolute atomic E-state index is 12.1. The van der Waals surface area contributed by atoms with Crippen LogP contribution in [0.5, 0.6) is 0 Å². The molecule has 0 aromatic heterocycles. The van der Waals surface area contributed by atoms with E-state index in [0.29, 0.717) is 71.0 Å². The van der Waals surface area contributed by atoms with Gasteiger partial charge in [0, 0.05) is 23.7 Å². The Morgan fingerprint density at radius 1 is 0.413 bits per heavy atom. The zero-order chi connectivity index (χ0) is 53.9. The van der Waals surface area contributed by atoms with Crippen molar-refractivity contribution < 1.29 is 24.1 Å². The lowest BCUT2D eigenvalue weighted by Gasteiger charge is -2.43. The molecule has 0 spiro atoms. The SMILES string of the molecule is CC(C)C(OC1=CC(C)(O)C=CC2C3NC(NC4NC(NC5NC(NC6NC(N3)C3C(OC(C(C)C)C(C)C)CCCC63)C3C(OC(C(C)C)C(C)C)CCCC53)C3C(OC(C(C)C)C(C)C)CCCC43)C12)C(C)C. The van der Waals surface area contributed by atoms with Gasteiger partial charge in [0.05, 0.1) is 91.9 Å². The average Bonchev–Trinajstić information content (AvgIpc) is 4.06. The van der Waals surface area contributed by atoms with Gasteiger partial charge in [-0.05, 0) is 117 Å². The summed E-state index contributed by atoms with van der Waals surface area (Å²) in [5.41, 5.74) is -1.17. The van der Waals surface area contributed by atoms with Gasteiger partial charge in [-0.3, -0.25) is 42.5 Å². The molecule has 20 atom stereocenters. The molecule has 430 valence electrons. The minimum absolute atomic E-state index is 0.00476. The molecule has 20 unspecified atom stereocenters. The minimum Gasteiger partial charge on any atom is -0.494 e. The maximum atomic E-state index is 12.1. The van der Waals surface area contributed by atoms with Crippen LogP contribution in [0.15, 0.2) is 24.0 Å². The van der Waals surface area contributed by atoms with Crippen LogP contribution in [-0.4, -0.2) is 103 Å². The third-order valence-electron chi connectivity index (χ3n) is 20.3. The highest BCUT2D eigenvalue weighted by atomic mass is 16.5. The lowest BCUT2D eigenvalue weighted by molar-refractivity contribution is -0.114. The Hall–Kier alpha value is -1.20. The first-order valence-corrected chi connectivity index (χ1v) is 31.4. The van der Waals surface area contributed by atoms with Crippen molar-refractivity contribution in [3.63, 3.8) is 0 Å². The lowest BCUT2D eigenvalue weighted by Crippen LogP contribution is -2.62. The fourth-order valence-corrected chi connectivity index (χ4v) is 17.4. The highest BCUT2D eigenvalue weighted by molar-refractivity contribution is 5.27. The monoisotopic (exact) mass is 1050 g/mol. The van der Waals surface area contributed by atoms with Gasteiger partial charge in [0.15, 0.2) is 0 Å². The highest BCUT2D eigenvalue weighted by Gasteiger charge is 2.59. The number of aliphatic hydroxyl groups is 1. The van der Waals surface area contributed by atoms with Crippen molar-refractivity contribution in [1.29, 1.82) is 0 Å². The molecule has 5 aliphatic heterocycles. The van der Waals surface area contributed by atoms with E-state index in [1.165, 1.54) is 12.8 Å². The van der Waals surface area contributed by atoms with Gasteiger partial charge in [0.25, 0.3) is 0 Å². The Morgan fingerprint density at radius 3 is 1.05 bits per heavy atom. The third kappa shape index (κ3) is 12.4. The fourth-order valence-electron chi connectivity index (χ4n) is 17.4. The molecule has 0 amide bonds. The lowest BCUT2D eigenvalue weighted by atomic mass is 9.74. The predicted octanol–water partition coefficient (Wildman–Crippen LogP) is 8.96. The van der Waals surface area contributed by atoms with Crippen LogP contribution >= 0.6 is 0 Å². The second-order valence-electron chi connectivity index (χ2n) is 28.9. The van der Waals surface area contributed by atoms with Crippen molar-refractivity contribution >= 4 is 0 Å². The summed E-state index contributed by atoms with van der Waals surface area (Å²) < 4.78 is 29.7. The van der Waals surface area contributed by atoms with Crippen LogP contribution in [0.2, 0.25) is 0 Å². The number of hydrogen-bond acceptors (Lipinski definition) is 13. The summed E-state index contributed by atoms with van der Waals surface area (Å²) in [4.78, 5) is 0. The van der Waals surface area contributed by atoms with Crippen molar-refractivity contribution in [3.05, 3.63) is 24.0 Å². The van der Waals surface area contributed by atoms with E-state index in [9.17, 15) is 5.11 Å². The largest absolute Gasteiger partial charge is 0.494 e. The molecule has 9 N–H and O–H groups in total. The molecule has 13 heteroatoms. The first-order valence-electron chi connectivity index (χ1n) is 31.4. The standard InChI is InChI=1S/C62H112N8O5/c1-30(2)50(31(3)4)72-42-24-18-21-38-46(42)58-63-54(38)64-59-47-40(23-20-25-43(47)73-51(32(5)6)33(7)8)56(67-59)68-61-49-41(27-28-62(17,71)29-45(49)75-53(36(13)14)37(15)16)57(70-61)69-60-48-39(55(65-58)66-60)22-19-26-44(48)74-52(34(9)10)35(11)12/h27-44,46-61,63-71H,18-26H2,1-17H3. The number of nitrogens with one attached hydrogen (secondary N) is 8. The molecule has 0 aromatic carbocycles. The van der Waals surface area contributed by atoms with Crippen LogP contribution < -0.4 is 42.5 Å². The van der Waals surface area contributed by atoms with Gasteiger partial charge < -0.3 is 24.1 Å². The van der Waals surface area contributed by atoms with Gasteiger partial charge in [-0.25, -0.2) is 0 Å². The Morgan fingerprint density at radius 2 is 0.720 bits per heavy atom. The topological polar surface area (TPSA) is 153 Å². The summed E-state index contributed by atoms with van der Waals surface area (Å²) in [7, 11) is 0. The quantitative estimate of drug-likeness (QED) is 0.0678. The molecule has 8 fully saturated rings. The smallest absolute Gasteiger partial charge is 0.103 e. The zero-order valence-corrected chi connectivity index (χ0v) is 50.1. The van der Waals surface area contributed by atoms with Crippen molar-refractivity contribution in [1.82, 2.24) is 42.5 Å². The van der Waals surface area contributed by atoms with Crippen LogP contribution in [0.3, 0.4) is 0 Å². The average molecular weight is 1050 g/mol. The molecule has 5 heterocycles. The van der Waals surface area contributed by atoms with Gasteiger partial charge in [0.2, 0.25) is 0 Å². The van der Waals surface area contributed by atoms with Gasteiger partial charge in [0.1, 0.15) is 17.5 Å². The van der Waals surface area contributed by atoms with Crippen LogP contribution in [-0.2, 0) is 18.9 Å². The van der Waals surface area contributed by atoms with Crippen LogP contribution in [0, 0.1) is 94.7 Å². The highest BCUT2D eigenvalue weighted by Crippen LogP contribution is 2.49. The van der Waals surface area contributed by atoms with E-state index in [2.05, 4.69) is 159 Å². The predicted molar refractivity (Wildman–Crippen MR) is 302 cm³/mol. The fraction of sp³-hybridized carbons (Fsp3) is 0.935. The normalized spacial score (nSPS) is 42.1. The Balaban J connectivity index is 1.15. The van der Waals surface area contributed by atoms with E-state index < -0.39 is 5.60 Å². The molecule has 8 bridgehead atoms. The number of ether oxygens (including phenoxy) is 4. The van der Waals surface area contributed by atoms with Gasteiger partial charge >= 0.3 is 0 Å². The molecule has 13 nitrogen and oxygen atoms in total. The van der Waals surface area contributed by atoms with Crippen LogP contribution in [0.25, 0.3) is 0 Å². The van der Waals surface area contributed by atoms with E-state index >= 15 is 0 Å². The molecule has 9 rings (SSSR count). The Bertz CT molecular complexity index is 1880. The number of rotatable bonds is 16. The molecule has 5 saturated heterocycles. The summed E-state index contributed by atoms with van der Waals surface area (Å²) >= 11 is 0. The van der Waals surface area contributed by atoms with Gasteiger partial charge in [-0.1, -0.05) is 142 Å². The molecule has 9 aliphatic rings. The third-order valence-corrected chi connectivity index (χ3v) is 20.3. The second kappa shape index (κ2) is 24.1. The van der Waals surface area contributed by atoms with E-state index in [1.807, 2.05) is 19.1 Å². The minimum atomic E-state index is -1.17. The Kier molecular flexibility index (Phi) is 18.8. The van der Waals surface area contributed by atoms with E-state index in [-0.39, 0.29) is 116 Å². The first kappa shape index (κ1) is 58.5. The van der Waals surface area contributed by atoms with Crippen LogP contribution in [0.1, 0.15) is 175 Å². The summed E-state index contributed by atoms with van der Waals surface area (Å²) in [5, 5.41) is 47.0. The molecular weight excluding hydrogens is 937 g/mol. The zero-order valence-electron chi connectivity index (χ0n) is 50.1. The summed E-state index contributed by atoms with van der Waals surface area (Å²) in [6.45, 7) is 39.1. The number of fused-ring (bicyclic) bond motifs is 20.